The molecule has 0 aliphatic rings. The summed E-state index contributed by atoms with van der Waals surface area (Å²) in [7, 11) is -8.22. The van der Waals surface area contributed by atoms with E-state index in [1.807, 2.05) is 12.1 Å². The molecular weight excluding hydrogens is 437 g/mol. The zero-order valence-corrected chi connectivity index (χ0v) is 21.2. The van der Waals surface area contributed by atoms with Gasteiger partial charge >= 0.3 is 8.56 Å². The maximum atomic E-state index is 6.91. The Bertz CT molecular complexity index is 644. The first kappa shape index (κ1) is 33.8. The van der Waals surface area contributed by atoms with E-state index in [0.717, 1.165) is 10.4 Å². The summed E-state index contributed by atoms with van der Waals surface area (Å²) >= 11 is 0. The third-order valence-corrected chi connectivity index (χ3v) is 16.2. The fourth-order valence-corrected chi connectivity index (χ4v) is 17.1. The maximum Gasteiger partial charge on any atom is 0.387 e. The van der Waals surface area contributed by atoms with Crippen molar-refractivity contribution < 1.29 is 12.3 Å². The molecule has 2 rings (SSSR count). The van der Waals surface area contributed by atoms with Gasteiger partial charge in [-0.2, -0.15) is 0 Å². The van der Waals surface area contributed by atoms with E-state index in [9.17, 15) is 0 Å². The van der Waals surface area contributed by atoms with Gasteiger partial charge in [0, 0.05) is 0 Å². The lowest BCUT2D eigenvalue weighted by Crippen LogP contribution is -2.68. The van der Waals surface area contributed by atoms with Crippen LogP contribution in [0.3, 0.4) is 0 Å². The third kappa shape index (κ3) is 10.00. The SMILES string of the molecule is C.C.C.C.C[SiH](O[Si](C)(C)C)O[Si](O[Si](C)(C)C)(c1ccccc1)c1ccccc1. The van der Waals surface area contributed by atoms with Gasteiger partial charge in [-0.1, -0.05) is 90.4 Å². The van der Waals surface area contributed by atoms with Gasteiger partial charge < -0.3 is 12.3 Å². The van der Waals surface area contributed by atoms with Gasteiger partial charge in [-0.05, 0) is 56.2 Å². The van der Waals surface area contributed by atoms with Crippen LogP contribution in [0.5, 0.6) is 0 Å². The molecule has 3 nitrogen and oxygen atoms in total. The van der Waals surface area contributed by atoms with Gasteiger partial charge in [0.15, 0.2) is 16.6 Å². The fourth-order valence-electron chi connectivity index (χ4n) is 2.95. The summed E-state index contributed by atoms with van der Waals surface area (Å²) in [6.45, 7) is 15.5. The summed E-state index contributed by atoms with van der Waals surface area (Å²) in [5, 5.41) is 2.32. The van der Waals surface area contributed by atoms with Crippen molar-refractivity contribution >= 4 is 44.9 Å². The summed E-state index contributed by atoms with van der Waals surface area (Å²) < 4.78 is 20.1. The number of hydrogen-bond donors (Lipinski definition) is 0. The molecule has 0 aliphatic carbocycles. The predicted octanol–water partition coefficient (Wildman–Crippen LogP) is 6.36. The minimum Gasteiger partial charge on any atom is -0.439 e. The minimum atomic E-state index is -2.83. The zero-order chi connectivity index (χ0) is 19.4. The Hall–Kier alpha value is -0.812. The lowest BCUT2D eigenvalue weighted by molar-refractivity contribution is 0.365. The second-order valence-electron chi connectivity index (χ2n) is 8.48. The molecule has 0 saturated carbocycles. The second kappa shape index (κ2) is 13.6. The van der Waals surface area contributed by atoms with Crippen molar-refractivity contribution in [1.29, 1.82) is 0 Å². The van der Waals surface area contributed by atoms with Crippen LogP contribution in [0.2, 0.25) is 45.8 Å². The molecule has 2 aromatic carbocycles. The summed E-state index contributed by atoms with van der Waals surface area (Å²) in [4.78, 5) is 0. The topological polar surface area (TPSA) is 27.7 Å². The highest BCUT2D eigenvalue weighted by Crippen LogP contribution is 2.19. The van der Waals surface area contributed by atoms with Crippen LogP contribution in [0, 0.1) is 0 Å². The lowest BCUT2D eigenvalue weighted by Gasteiger charge is -2.39. The van der Waals surface area contributed by atoms with E-state index in [1.165, 1.54) is 0 Å². The van der Waals surface area contributed by atoms with Crippen LogP contribution in [0.15, 0.2) is 60.7 Å². The monoisotopic (exact) mass is 484 g/mol. The average Bonchev–Trinajstić information content (AvgIpc) is 2.53. The molecule has 0 heterocycles. The minimum absolute atomic E-state index is 0. The van der Waals surface area contributed by atoms with Crippen molar-refractivity contribution in [2.24, 2.45) is 0 Å². The fraction of sp³-hybridized carbons (Fsp3) is 0.478. The Morgan fingerprint density at radius 2 is 0.933 bits per heavy atom. The van der Waals surface area contributed by atoms with Gasteiger partial charge in [0.2, 0.25) is 0 Å². The van der Waals surface area contributed by atoms with E-state index in [1.54, 1.807) is 0 Å². The summed E-state index contributed by atoms with van der Waals surface area (Å²) in [6.07, 6.45) is 0. The van der Waals surface area contributed by atoms with Gasteiger partial charge in [0.1, 0.15) is 0 Å². The molecule has 7 heteroatoms. The molecule has 30 heavy (non-hydrogen) atoms. The Kier molecular flexibility index (Phi) is 15.3. The largest absolute Gasteiger partial charge is 0.439 e. The van der Waals surface area contributed by atoms with E-state index >= 15 is 0 Å². The molecule has 0 N–H and O–H groups in total. The van der Waals surface area contributed by atoms with Crippen LogP contribution in [0.1, 0.15) is 29.7 Å². The quantitative estimate of drug-likeness (QED) is 0.408. The van der Waals surface area contributed by atoms with Crippen LogP contribution in [-0.2, 0) is 12.3 Å². The van der Waals surface area contributed by atoms with Crippen molar-refractivity contribution in [2.75, 3.05) is 0 Å². The molecule has 0 saturated heterocycles. The first-order valence-corrected chi connectivity index (χ1v) is 19.9. The first-order chi connectivity index (χ1) is 12.0. The number of benzene rings is 2. The molecular formula is C23H48O3Si4. The third-order valence-electron chi connectivity index (χ3n) is 3.61. The van der Waals surface area contributed by atoms with Crippen LogP contribution in [0.25, 0.3) is 0 Å². The number of rotatable bonds is 8. The molecule has 174 valence electrons. The Morgan fingerprint density at radius 1 is 0.567 bits per heavy atom. The Labute approximate surface area is 193 Å². The van der Waals surface area contributed by atoms with Gasteiger partial charge in [0.05, 0.1) is 0 Å². The average molecular weight is 485 g/mol. The van der Waals surface area contributed by atoms with Gasteiger partial charge in [0.25, 0.3) is 9.28 Å². The van der Waals surface area contributed by atoms with Gasteiger partial charge in [-0.25, -0.2) is 0 Å². The van der Waals surface area contributed by atoms with Crippen molar-refractivity contribution in [3.63, 3.8) is 0 Å². The van der Waals surface area contributed by atoms with E-state index in [-0.39, 0.29) is 29.7 Å². The van der Waals surface area contributed by atoms with Crippen molar-refractivity contribution in [1.82, 2.24) is 0 Å². The van der Waals surface area contributed by atoms with E-state index in [4.69, 9.17) is 12.3 Å². The molecule has 2 aromatic rings. The molecule has 0 spiro atoms. The Balaban J connectivity index is -0.00000182. The van der Waals surface area contributed by atoms with Gasteiger partial charge in [-0.3, -0.25) is 0 Å². The molecule has 0 aromatic heterocycles. The Morgan fingerprint density at radius 3 is 1.23 bits per heavy atom. The van der Waals surface area contributed by atoms with Crippen LogP contribution in [0.4, 0.5) is 0 Å². The molecule has 0 amide bonds. The normalized spacial score (nSPS) is 12.4. The smallest absolute Gasteiger partial charge is 0.387 e. The van der Waals surface area contributed by atoms with Crippen LogP contribution in [-0.4, -0.2) is 34.5 Å². The van der Waals surface area contributed by atoms with E-state index in [2.05, 4.69) is 94.4 Å². The summed E-state index contributed by atoms with van der Waals surface area (Å²) in [6, 6.07) is 21.0. The number of hydrogen-bond acceptors (Lipinski definition) is 3. The van der Waals surface area contributed by atoms with Crippen LogP contribution < -0.4 is 10.4 Å². The van der Waals surface area contributed by atoms with E-state index < -0.39 is 34.5 Å². The highest BCUT2D eigenvalue weighted by atomic mass is 28.5. The zero-order valence-electron chi connectivity index (χ0n) is 17.1. The molecule has 0 fully saturated rings. The lowest BCUT2D eigenvalue weighted by atomic mass is 10.4. The molecule has 1 atom stereocenters. The van der Waals surface area contributed by atoms with Crippen LogP contribution >= 0.6 is 0 Å². The molecule has 0 radical (unpaired) electrons. The van der Waals surface area contributed by atoms with Gasteiger partial charge in [-0.15, -0.1) is 0 Å². The highest BCUT2D eigenvalue weighted by Gasteiger charge is 2.47. The second-order valence-corrected chi connectivity index (χ2v) is 23.2. The van der Waals surface area contributed by atoms with Crippen molar-refractivity contribution in [3.8, 4) is 0 Å². The van der Waals surface area contributed by atoms with E-state index in [0.29, 0.717) is 0 Å². The highest BCUT2D eigenvalue weighted by molar-refractivity contribution is 7.00. The maximum absolute atomic E-state index is 6.91. The summed E-state index contributed by atoms with van der Waals surface area (Å²) in [5.41, 5.74) is 0. The predicted molar refractivity (Wildman–Crippen MR) is 148 cm³/mol. The standard InChI is InChI=1S/C19H32O3Si4.4CH4/c1-23(20-24(2,3)4)21-26(22-25(5,6)7,18-14-10-8-11-15-18)19-16-12-9-13-17-19;;;;/h8-17,23H,1-7H3;4*1H4. The summed E-state index contributed by atoms with van der Waals surface area (Å²) in [5.74, 6) is 0. The first-order valence-electron chi connectivity index (χ1n) is 9.19. The molecule has 0 bridgehead atoms. The van der Waals surface area contributed by atoms with Crippen molar-refractivity contribution in [3.05, 3.63) is 60.7 Å². The van der Waals surface area contributed by atoms with Crippen molar-refractivity contribution in [2.45, 2.75) is 75.5 Å². The molecule has 1 unspecified atom stereocenters. The molecule has 0 aliphatic heterocycles.